The number of hydrogen-bond acceptors (Lipinski definition) is 5. The van der Waals surface area contributed by atoms with E-state index in [1.165, 1.54) is 0 Å². The van der Waals surface area contributed by atoms with Crippen molar-refractivity contribution < 1.29 is 24.2 Å². The lowest BCUT2D eigenvalue weighted by atomic mass is 9.69. The van der Waals surface area contributed by atoms with Crippen LogP contribution in [-0.4, -0.2) is 18.7 Å². The van der Waals surface area contributed by atoms with Gasteiger partial charge in [0.2, 0.25) is 12.7 Å². The minimum absolute atomic E-state index is 0.0540. The predicted octanol–water partition coefficient (Wildman–Crippen LogP) is 1.83. The van der Waals surface area contributed by atoms with E-state index in [0.717, 1.165) is 32.1 Å². The molecule has 1 fully saturated rings. The van der Waals surface area contributed by atoms with E-state index < -0.39 is 11.4 Å². The van der Waals surface area contributed by atoms with Crippen molar-refractivity contribution in [3.63, 3.8) is 0 Å². The van der Waals surface area contributed by atoms with E-state index in [1.807, 2.05) is 0 Å². The molecule has 3 rings (SSSR count). The number of aliphatic carboxylic acids is 1. The van der Waals surface area contributed by atoms with Crippen LogP contribution in [0.5, 0.6) is 11.5 Å². The van der Waals surface area contributed by atoms with Crippen molar-refractivity contribution in [1.82, 2.24) is 0 Å². The molecule has 1 aromatic rings. The number of carbonyl (C=O) groups excluding carboxylic acids is 2. The first kappa shape index (κ1) is 15.6. The summed E-state index contributed by atoms with van der Waals surface area (Å²) in [6, 6.07) is 5.21. The number of nitrogens with one attached hydrogen (secondary N) is 1. The monoisotopic (exact) mass is 318 g/mol. The first-order valence-corrected chi connectivity index (χ1v) is 7.96. The molecule has 0 aromatic heterocycles. The van der Waals surface area contributed by atoms with Crippen LogP contribution in [0.4, 0.5) is 5.69 Å². The Morgan fingerprint density at radius 3 is 2.57 bits per heavy atom. The molecule has 1 aliphatic carbocycles. The van der Waals surface area contributed by atoms with Crippen molar-refractivity contribution >= 4 is 17.6 Å². The summed E-state index contributed by atoms with van der Waals surface area (Å²) >= 11 is 0. The number of anilines is 1. The van der Waals surface area contributed by atoms with Gasteiger partial charge in [0.25, 0.3) is 0 Å². The number of fused-ring (bicyclic) bond motifs is 1. The van der Waals surface area contributed by atoms with Gasteiger partial charge in [-0.1, -0.05) is 19.3 Å². The van der Waals surface area contributed by atoms with Gasteiger partial charge >= 0.3 is 0 Å². The standard InChI is InChI=1S/C17H21NO5/c19-15(9-17(10-16(20)21)6-2-1-3-7-17)18-12-4-5-13-14(8-12)23-11-22-13/h4-5,8H,1-3,6-7,9-11H2,(H,18,19)(H,20,21)/p-1. The summed E-state index contributed by atoms with van der Waals surface area (Å²) in [7, 11) is 0. The number of ether oxygens (including phenoxy) is 2. The highest BCUT2D eigenvalue weighted by atomic mass is 16.7. The van der Waals surface area contributed by atoms with Gasteiger partial charge < -0.3 is 24.7 Å². The molecule has 1 aliphatic heterocycles. The molecule has 124 valence electrons. The van der Waals surface area contributed by atoms with Gasteiger partial charge in [0.1, 0.15) is 0 Å². The third-order valence-electron chi connectivity index (χ3n) is 4.63. The second kappa shape index (κ2) is 6.48. The minimum atomic E-state index is -1.08. The molecule has 0 atom stereocenters. The lowest BCUT2D eigenvalue weighted by molar-refractivity contribution is -0.308. The van der Waals surface area contributed by atoms with Gasteiger partial charge in [-0.3, -0.25) is 4.79 Å². The van der Waals surface area contributed by atoms with Gasteiger partial charge in [0, 0.05) is 24.1 Å². The van der Waals surface area contributed by atoms with E-state index in [2.05, 4.69) is 5.32 Å². The van der Waals surface area contributed by atoms with E-state index in [-0.39, 0.29) is 25.5 Å². The summed E-state index contributed by atoms with van der Waals surface area (Å²) in [4.78, 5) is 23.4. The van der Waals surface area contributed by atoms with E-state index in [1.54, 1.807) is 18.2 Å². The molecule has 1 N–H and O–H groups in total. The summed E-state index contributed by atoms with van der Waals surface area (Å²) in [5.74, 6) is 0.00316. The smallest absolute Gasteiger partial charge is 0.231 e. The Hall–Kier alpha value is -2.24. The third-order valence-corrected chi connectivity index (χ3v) is 4.63. The molecule has 2 aliphatic rings. The first-order chi connectivity index (χ1) is 11.1. The number of benzene rings is 1. The first-order valence-electron chi connectivity index (χ1n) is 7.96. The van der Waals surface area contributed by atoms with Crippen LogP contribution in [0.3, 0.4) is 0 Å². The van der Waals surface area contributed by atoms with Gasteiger partial charge in [0.05, 0.1) is 0 Å². The average molecular weight is 318 g/mol. The number of rotatable bonds is 5. The maximum absolute atomic E-state index is 12.4. The largest absolute Gasteiger partial charge is 0.550 e. The summed E-state index contributed by atoms with van der Waals surface area (Å²) in [5, 5.41) is 13.9. The van der Waals surface area contributed by atoms with Crippen LogP contribution >= 0.6 is 0 Å². The van der Waals surface area contributed by atoms with Crippen molar-refractivity contribution in [3.8, 4) is 11.5 Å². The molecular formula is C17H20NO5-. The second-order valence-electron chi connectivity index (χ2n) is 6.40. The Labute approximate surface area is 134 Å². The van der Waals surface area contributed by atoms with Crippen LogP contribution < -0.4 is 19.9 Å². The highest BCUT2D eigenvalue weighted by Crippen LogP contribution is 2.42. The van der Waals surface area contributed by atoms with Crippen LogP contribution in [-0.2, 0) is 9.59 Å². The second-order valence-corrected chi connectivity index (χ2v) is 6.40. The van der Waals surface area contributed by atoms with Gasteiger partial charge in [-0.05, 0) is 36.8 Å². The van der Waals surface area contributed by atoms with Gasteiger partial charge in [0.15, 0.2) is 11.5 Å². The molecule has 1 aromatic carbocycles. The molecule has 6 heteroatoms. The number of carboxylic acids is 1. The van der Waals surface area contributed by atoms with Crippen LogP contribution in [0.2, 0.25) is 0 Å². The minimum Gasteiger partial charge on any atom is -0.550 e. The predicted molar refractivity (Wildman–Crippen MR) is 81.0 cm³/mol. The summed E-state index contributed by atoms with van der Waals surface area (Å²) in [6.07, 6.45) is 4.69. The van der Waals surface area contributed by atoms with E-state index in [4.69, 9.17) is 9.47 Å². The fraction of sp³-hybridized carbons (Fsp3) is 0.529. The molecule has 0 saturated heterocycles. The fourth-order valence-corrected chi connectivity index (χ4v) is 3.54. The highest BCUT2D eigenvalue weighted by molar-refractivity contribution is 5.91. The third kappa shape index (κ3) is 3.75. The molecule has 1 amide bonds. The maximum atomic E-state index is 12.4. The lowest BCUT2D eigenvalue weighted by Crippen LogP contribution is -2.36. The van der Waals surface area contributed by atoms with Gasteiger partial charge in [-0.15, -0.1) is 0 Å². The SMILES string of the molecule is O=C([O-])CC1(CC(=O)Nc2ccc3c(c2)OCO3)CCCCC1. The molecule has 0 unspecified atom stereocenters. The topological polar surface area (TPSA) is 87.7 Å². The molecule has 23 heavy (non-hydrogen) atoms. The Morgan fingerprint density at radius 2 is 1.83 bits per heavy atom. The molecule has 0 spiro atoms. The average Bonchev–Trinajstić information content (AvgIpc) is 2.94. The quantitative estimate of drug-likeness (QED) is 0.895. The fourth-order valence-electron chi connectivity index (χ4n) is 3.54. The van der Waals surface area contributed by atoms with Crippen LogP contribution in [0.25, 0.3) is 0 Å². The number of carboxylic acid groups (broad SMARTS) is 1. The molecule has 1 saturated carbocycles. The van der Waals surface area contributed by atoms with Gasteiger partial charge in [-0.25, -0.2) is 0 Å². The van der Waals surface area contributed by atoms with Crippen LogP contribution in [0.15, 0.2) is 18.2 Å². The summed E-state index contributed by atoms with van der Waals surface area (Å²) in [5.41, 5.74) is 0.149. The number of amides is 1. The molecule has 6 nitrogen and oxygen atoms in total. The Bertz CT molecular complexity index is 607. The van der Waals surface area contributed by atoms with Crippen LogP contribution in [0.1, 0.15) is 44.9 Å². The molecule has 0 bridgehead atoms. The van der Waals surface area contributed by atoms with Crippen molar-refractivity contribution in [1.29, 1.82) is 0 Å². The van der Waals surface area contributed by atoms with Crippen molar-refractivity contribution in [3.05, 3.63) is 18.2 Å². The Balaban J connectivity index is 1.66. The van der Waals surface area contributed by atoms with Crippen LogP contribution in [0, 0.1) is 5.41 Å². The normalized spacial score (nSPS) is 18.4. The lowest BCUT2D eigenvalue weighted by Gasteiger charge is -2.37. The summed E-state index contributed by atoms with van der Waals surface area (Å²) in [6.45, 7) is 0.182. The van der Waals surface area contributed by atoms with Gasteiger partial charge in [-0.2, -0.15) is 0 Å². The van der Waals surface area contributed by atoms with Crippen molar-refractivity contribution in [2.24, 2.45) is 5.41 Å². The number of carbonyl (C=O) groups is 2. The highest BCUT2D eigenvalue weighted by Gasteiger charge is 2.34. The van der Waals surface area contributed by atoms with E-state index >= 15 is 0 Å². The molecular weight excluding hydrogens is 298 g/mol. The van der Waals surface area contributed by atoms with E-state index in [9.17, 15) is 14.7 Å². The van der Waals surface area contributed by atoms with Crippen molar-refractivity contribution in [2.75, 3.05) is 12.1 Å². The molecule has 1 heterocycles. The maximum Gasteiger partial charge on any atom is 0.231 e. The Kier molecular flexibility index (Phi) is 4.41. The van der Waals surface area contributed by atoms with E-state index in [0.29, 0.717) is 17.2 Å². The Morgan fingerprint density at radius 1 is 1.09 bits per heavy atom. The van der Waals surface area contributed by atoms with Crippen molar-refractivity contribution in [2.45, 2.75) is 44.9 Å². The number of hydrogen-bond donors (Lipinski definition) is 1. The summed E-state index contributed by atoms with van der Waals surface area (Å²) < 4.78 is 10.5. The molecule has 0 radical (unpaired) electrons. The zero-order chi connectivity index (χ0) is 16.3. The zero-order valence-electron chi connectivity index (χ0n) is 12.9. The zero-order valence-corrected chi connectivity index (χ0v) is 12.9.